The molecule has 1 aliphatic rings. The largest absolute Gasteiger partial charge is 0.284 e. The molecule has 8 heteroatoms. The summed E-state index contributed by atoms with van der Waals surface area (Å²) in [4.78, 5) is 17.8. The van der Waals surface area contributed by atoms with E-state index in [-0.39, 0.29) is 10.6 Å². The highest BCUT2D eigenvalue weighted by atomic mass is 32.1. The van der Waals surface area contributed by atoms with E-state index in [0.29, 0.717) is 12.6 Å². The highest BCUT2D eigenvalue weighted by Gasteiger charge is 2.24. The van der Waals surface area contributed by atoms with Crippen LogP contribution >= 0.6 is 11.3 Å². The molecule has 28 heavy (non-hydrogen) atoms. The number of hydrogen-bond donors (Lipinski definition) is 0. The van der Waals surface area contributed by atoms with Crippen LogP contribution in [0.5, 0.6) is 0 Å². The number of nitrogens with zero attached hydrogens (tertiary/aromatic N) is 5. The van der Waals surface area contributed by atoms with Crippen molar-refractivity contribution >= 4 is 38.1 Å². The number of rotatable bonds is 4. The molecule has 0 radical (unpaired) electrons. The van der Waals surface area contributed by atoms with Gasteiger partial charge in [0, 0.05) is 36.5 Å². The summed E-state index contributed by atoms with van der Waals surface area (Å²) in [6.45, 7) is 2.69. The Labute approximate surface area is 165 Å². The molecular formula is C20H19N5O2S. The second kappa shape index (κ2) is 6.96. The lowest BCUT2D eigenvalue weighted by atomic mass is 9.98. The summed E-state index contributed by atoms with van der Waals surface area (Å²) < 4.78 is 3.19. The zero-order valence-electron chi connectivity index (χ0n) is 15.2. The van der Waals surface area contributed by atoms with Gasteiger partial charge in [0.15, 0.2) is 0 Å². The first kappa shape index (κ1) is 17.3. The molecule has 0 spiro atoms. The zero-order chi connectivity index (χ0) is 19.1. The van der Waals surface area contributed by atoms with Crippen LogP contribution in [0, 0.1) is 10.1 Å². The minimum atomic E-state index is -0.371. The van der Waals surface area contributed by atoms with E-state index < -0.39 is 0 Å². The standard InChI is InChI=1S/C20H19N5O2S/c26-25(27)16-5-6-18-15(11-16)12-21-24(18)13-23-9-7-14(8-10-23)20-22-17-3-1-2-4-19(17)28-20/h1-6,11-12,14H,7-10,13H2. The number of piperidine rings is 1. The molecule has 0 amide bonds. The van der Waals surface area contributed by atoms with Crippen LogP contribution in [0.25, 0.3) is 21.1 Å². The first-order valence-corrected chi connectivity index (χ1v) is 10.2. The first-order chi connectivity index (χ1) is 13.7. The second-order valence-corrected chi connectivity index (χ2v) is 8.26. The summed E-state index contributed by atoms with van der Waals surface area (Å²) in [5, 5.41) is 17.4. The molecule has 0 aliphatic carbocycles. The lowest BCUT2D eigenvalue weighted by molar-refractivity contribution is -0.384. The van der Waals surface area contributed by atoms with Crippen molar-refractivity contribution in [3.63, 3.8) is 0 Å². The molecule has 1 saturated heterocycles. The minimum absolute atomic E-state index is 0.101. The summed E-state index contributed by atoms with van der Waals surface area (Å²) in [7, 11) is 0. The van der Waals surface area contributed by atoms with Gasteiger partial charge in [0.2, 0.25) is 0 Å². The normalized spacial score (nSPS) is 16.1. The third-order valence-electron chi connectivity index (χ3n) is 5.42. The maximum absolute atomic E-state index is 10.9. The molecule has 0 unspecified atom stereocenters. The summed E-state index contributed by atoms with van der Waals surface area (Å²) in [5.41, 5.74) is 2.13. The average molecular weight is 393 g/mol. The minimum Gasteiger partial charge on any atom is -0.284 e. The fourth-order valence-corrected chi connectivity index (χ4v) is 5.01. The monoisotopic (exact) mass is 393 g/mol. The van der Waals surface area contributed by atoms with Gasteiger partial charge in [-0.2, -0.15) is 5.10 Å². The number of nitro groups is 1. The predicted molar refractivity (Wildman–Crippen MR) is 110 cm³/mol. The molecule has 2 aromatic heterocycles. The molecule has 2 aromatic carbocycles. The van der Waals surface area contributed by atoms with Crippen LogP contribution in [0.3, 0.4) is 0 Å². The van der Waals surface area contributed by atoms with Gasteiger partial charge in [-0.15, -0.1) is 11.3 Å². The molecule has 1 aliphatic heterocycles. The summed E-state index contributed by atoms with van der Waals surface area (Å²) in [5.74, 6) is 0.519. The molecule has 3 heterocycles. The van der Waals surface area contributed by atoms with E-state index in [1.54, 1.807) is 24.4 Å². The number of hydrogen-bond acceptors (Lipinski definition) is 6. The van der Waals surface area contributed by atoms with E-state index in [1.807, 2.05) is 22.1 Å². The van der Waals surface area contributed by atoms with E-state index in [4.69, 9.17) is 4.98 Å². The Hall–Kier alpha value is -2.84. The molecule has 0 atom stereocenters. The maximum atomic E-state index is 10.9. The van der Waals surface area contributed by atoms with Crippen LogP contribution in [-0.4, -0.2) is 37.7 Å². The Kier molecular flexibility index (Phi) is 4.29. The van der Waals surface area contributed by atoms with Crippen molar-refractivity contribution in [2.75, 3.05) is 13.1 Å². The van der Waals surface area contributed by atoms with E-state index in [1.165, 1.54) is 9.71 Å². The maximum Gasteiger partial charge on any atom is 0.270 e. The highest BCUT2D eigenvalue weighted by molar-refractivity contribution is 7.18. The van der Waals surface area contributed by atoms with Crippen LogP contribution in [0.2, 0.25) is 0 Å². The number of nitro benzene ring substituents is 1. The fraction of sp³-hybridized carbons (Fsp3) is 0.300. The van der Waals surface area contributed by atoms with E-state index in [0.717, 1.165) is 42.4 Å². The van der Waals surface area contributed by atoms with Crippen LogP contribution in [0.1, 0.15) is 23.8 Å². The predicted octanol–water partition coefficient (Wildman–Crippen LogP) is 4.39. The summed E-state index contributed by atoms with van der Waals surface area (Å²) in [6, 6.07) is 13.2. The number of para-hydroxylation sites is 1. The molecular weight excluding hydrogens is 374 g/mol. The molecule has 1 fully saturated rings. The van der Waals surface area contributed by atoms with E-state index in [2.05, 4.69) is 28.2 Å². The lowest BCUT2D eigenvalue weighted by Crippen LogP contribution is -2.34. The fourth-order valence-electron chi connectivity index (χ4n) is 3.88. The van der Waals surface area contributed by atoms with E-state index >= 15 is 0 Å². The smallest absolute Gasteiger partial charge is 0.270 e. The SMILES string of the molecule is O=[N+]([O-])c1ccc2c(cnn2CN2CCC(c3nc4ccccc4s3)CC2)c1. The molecule has 7 nitrogen and oxygen atoms in total. The third-order valence-corrected chi connectivity index (χ3v) is 6.62. The topological polar surface area (TPSA) is 77.1 Å². The summed E-state index contributed by atoms with van der Waals surface area (Å²) in [6.07, 6.45) is 3.88. The van der Waals surface area contributed by atoms with Crippen molar-refractivity contribution in [2.45, 2.75) is 25.4 Å². The average Bonchev–Trinajstić information content (AvgIpc) is 3.32. The number of aromatic nitrogens is 3. The van der Waals surface area contributed by atoms with Crippen molar-refractivity contribution in [1.29, 1.82) is 0 Å². The van der Waals surface area contributed by atoms with Gasteiger partial charge in [0.25, 0.3) is 5.69 Å². The Morgan fingerprint density at radius 1 is 1.18 bits per heavy atom. The van der Waals surface area contributed by atoms with Gasteiger partial charge >= 0.3 is 0 Å². The number of benzene rings is 2. The van der Waals surface area contributed by atoms with Gasteiger partial charge in [0.1, 0.15) is 0 Å². The molecule has 0 bridgehead atoms. The van der Waals surface area contributed by atoms with Gasteiger partial charge < -0.3 is 0 Å². The molecule has 0 N–H and O–H groups in total. The van der Waals surface area contributed by atoms with Gasteiger partial charge in [0.05, 0.1) is 38.5 Å². The lowest BCUT2D eigenvalue weighted by Gasteiger charge is -2.30. The van der Waals surface area contributed by atoms with Crippen LogP contribution in [0.15, 0.2) is 48.7 Å². The molecule has 4 aromatic rings. The second-order valence-electron chi connectivity index (χ2n) is 7.20. The van der Waals surface area contributed by atoms with Gasteiger partial charge in [-0.1, -0.05) is 12.1 Å². The molecule has 142 valence electrons. The number of non-ortho nitro benzene ring substituents is 1. The number of fused-ring (bicyclic) bond motifs is 2. The van der Waals surface area contributed by atoms with E-state index in [9.17, 15) is 10.1 Å². The molecule has 0 saturated carbocycles. The Bertz CT molecular complexity index is 1130. The highest BCUT2D eigenvalue weighted by Crippen LogP contribution is 2.34. The Morgan fingerprint density at radius 2 is 2.00 bits per heavy atom. The quantitative estimate of drug-likeness (QED) is 0.380. The number of likely N-dealkylation sites (tertiary alicyclic amines) is 1. The van der Waals surface area contributed by atoms with Crippen molar-refractivity contribution in [3.8, 4) is 0 Å². The Morgan fingerprint density at radius 3 is 2.79 bits per heavy atom. The van der Waals surface area contributed by atoms with Crippen molar-refractivity contribution in [1.82, 2.24) is 19.7 Å². The van der Waals surface area contributed by atoms with Gasteiger partial charge in [-0.3, -0.25) is 19.7 Å². The van der Waals surface area contributed by atoms with Crippen molar-refractivity contribution < 1.29 is 4.92 Å². The van der Waals surface area contributed by atoms with Crippen LogP contribution in [0.4, 0.5) is 5.69 Å². The zero-order valence-corrected chi connectivity index (χ0v) is 16.0. The first-order valence-electron chi connectivity index (χ1n) is 9.35. The van der Waals surface area contributed by atoms with Gasteiger partial charge in [-0.05, 0) is 31.0 Å². The molecule has 5 rings (SSSR count). The Balaban J connectivity index is 1.27. The van der Waals surface area contributed by atoms with Crippen molar-refractivity contribution in [3.05, 3.63) is 63.8 Å². The van der Waals surface area contributed by atoms with Gasteiger partial charge in [-0.25, -0.2) is 4.98 Å². The van der Waals surface area contributed by atoms with Crippen LogP contribution < -0.4 is 0 Å². The third kappa shape index (κ3) is 3.14. The van der Waals surface area contributed by atoms with Crippen LogP contribution in [-0.2, 0) is 6.67 Å². The summed E-state index contributed by atoms with van der Waals surface area (Å²) >= 11 is 1.81. The number of thiazole rings is 1. The van der Waals surface area contributed by atoms with Crippen molar-refractivity contribution in [2.24, 2.45) is 0 Å².